The van der Waals surface area contributed by atoms with Crippen LogP contribution in [-0.2, 0) is 4.74 Å². The van der Waals surface area contributed by atoms with Crippen molar-refractivity contribution in [2.24, 2.45) is 0 Å². The Morgan fingerprint density at radius 3 is 2.73 bits per heavy atom. The number of ether oxygens (including phenoxy) is 1. The van der Waals surface area contributed by atoms with E-state index in [2.05, 4.69) is 13.5 Å². The van der Waals surface area contributed by atoms with E-state index in [0.29, 0.717) is 0 Å². The average Bonchev–Trinajstić information content (AvgIpc) is 2.34. The standard InChI is InChI=1S/C10H18O/c1-4-6-10(11-3)7-5-9(2)8-10/h2,4-8H2,1,3H3. The molecule has 0 aromatic carbocycles. The minimum atomic E-state index is 0.159. The van der Waals surface area contributed by atoms with Gasteiger partial charge in [-0.25, -0.2) is 0 Å². The quantitative estimate of drug-likeness (QED) is 0.568. The van der Waals surface area contributed by atoms with E-state index in [1.165, 1.54) is 24.8 Å². The van der Waals surface area contributed by atoms with Crippen LogP contribution in [0.5, 0.6) is 0 Å². The van der Waals surface area contributed by atoms with Crippen LogP contribution in [0.15, 0.2) is 12.2 Å². The van der Waals surface area contributed by atoms with Gasteiger partial charge in [0.15, 0.2) is 0 Å². The van der Waals surface area contributed by atoms with Crippen LogP contribution in [0, 0.1) is 0 Å². The molecule has 0 aliphatic heterocycles. The van der Waals surface area contributed by atoms with Gasteiger partial charge in [-0.3, -0.25) is 0 Å². The first-order chi connectivity index (χ1) is 5.22. The molecule has 0 amide bonds. The summed E-state index contributed by atoms with van der Waals surface area (Å²) in [5.74, 6) is 0. The van der Waals surface area contributed by atoms with Crippen molar-refractivity contribution >= 4 is 0 Å². The minimum absolute atomic E-state index is 0.159. The lowest BCUT2D eigenvalue weighted by Crippen LogP contribution is -2.26. The van der Waals surface area contributed by atoms with Gasteiger partial charge in [-0.1, -0.05) is 25.5 Å². The molecule has 1 aliphatic rings. The topological polar surface area (TPSA) is 9.23 Å². The van der Waals surface area contributed by atoms with Crippen LogP contribution in [0.4, 0.5) is 0 Å². The lowest BCUT2D eigenvalue weighted by Gasteiger charge is -2.26. The third kappa shape index (κ3) is 1.84. The maximum absolute atomic E-state index is 5.55. The monoisotopic (exact) mass is 154 g/mol. The van der Waals surface area contributed by atoms with Gasteiger partial charge < -0.3 is 4.74 Å². The zero-order chi connectivity index (χ0) is 8.32. The molecule has 0 N–H and O–H groups in total. The third-order valence-electron chi connectivity index (χ3n) is 2.64. The molecule has 1 nitrogen and oxygen atoms in total. The van der Waals surface area contributed by atoms with Crippen molar-refractivity contribution in [3.8, 4) is 0 Å². The molecule has 0 heterocycles. The van der Waals surface area contributed by atoms with E-state index >= 15 is 0 Å². The Balaban J connectivity index is 2.54. The zero-order valence-electron chi connectivity index (χ0n) is 7.65. The van der Waals surface area contributed by atoms with Crippen LogP contribution in [-0.4, -0.2) is 12.7 Å². The molecular formula is C10H18O. The Hall–Kier alpha value is -0.300. The predicted octanol–water partition coefficient (Wildman–Crippen LogP) is 2.91. The molecule has 0 aromatic heterocycles. The molecule has 1 unspecified atom stereocenters. The van der Waals surface area contributed by atoms with Gasteiger partial charge in [-0.05, 0) is 25.7 Å². The van der Waals surface area contributed by atoms with E-state index < -0.39 is 0 Å². The molecule has 0 saturated heterocycles. The fourth-order valence-corrected chi connectivity index (χ4v) is 1.98. The van der Waals surface area contributed by atoms with Crippen molar-refractivity contribution in [3.05, 3.63) is 12.2 Å². The lowest BCUT2D eigenvalue weighted by atomic mass is 9.96. The van der Waals surface area contributed by atoms with Gasteiger partial charge in [-0.2, -0.15) is 0 Å². The molecule has 0 aromatic rings. The fourth-order valence-electron chi connectivity index (χ4n) is 1.98. The van der Waals surface area contributed by atoms with Crippen LogP contribution >= 0.6 is 0 Å². The highest BCUT2D eigenvalue weighted by Crippen LogP contribution is 2.38. The number of hydrogen-bond acceptors (Lipinski definition) is 1. The molecule has 1 rings (SSSR count). The highest BCUT2D eigenvalue weighted by atomic mass is 16.5. The first kappa shape index (κ1) is 8.79. The average molecular weight is 154 g/mol. The number of hydrogen-bond donors (Lipinski definition) is 0. The van der Waals surface area contributed by atoms with E-state index in [4.69, 9.17) is 4.74 Å². The zero-order valence-corrected chi connectivity index (χ0v) is 7.65. The molecular weight excluding hydrogens is 136 g/mol. The minimum Gasteiger partial charge on any atom is -0.378 e. The van der Waals surface area contributed by atoms with E-state index in [1.807, 2.05) is 7.11 Å². The maximum Gasteiger partial charge on any atom is 0.0718 e. The molecule has 11 heavy (non-hydrogen) atoms. The summed E-state index contributed by atoms with van der Waals surface area (Å²) in [4.78, 5) is 0. The number of methoxy groups -OCH3 is 1. The molecule has 0 radical (unpaired) electrons. The van der Waals surface area contributed by atoms with Gasteiger partial charge in [0.2, 0.25) is 0 Å². The summed E-state index contributed by atoms with van der Waals surface area (Å²) in [6, 6.07) is 0. The largest absolute Gasteiger partial charge is 0.378 e. The maximum atomic E-state index is 5.55. The first-order valence-electron chi connectivity index (χ1n) is 4.44. The second kappa shape index (κ2) is 3.40. The summed E-state index contributed by atoms with van der Waals surface area (Å²) in [5, 5.41) is 0. The molecule has 1 heteroatoms. The normalized spacial score (nSPS) is 31.3. The van der Waals surface area contributed by atoms with Crippen LogP contribution in [0.1, 0.15) is 39.0 Å². The molecule has 64 valence electrons. The van der Waals surface area contributed by atoms with Crippen molar-refractivity contribution in [2.75, 3.05) is 7.11 Å². The van der Waals surface area contributed by atoms with Crippen LogP contribution < -0.4 is 0 Å². The van der Waals surface area contributed by atoms with Gasteiger partial charge in [0.25, 0.3) is 0 Å². The van der Waals surface area contributed by atoms with Crippen molar-refractivity contribution in [1.29, 1.82) is 0 Å². The van der Waals surface area contributed by atoms with Crippen LogP contribution in [0.25, 0.3) is 0 Å². The van der Waals surface area contributed by atoms with Crippen molar-refractivity contribution in [2.45, 2.75) is 44.6 Å². The van der Waals surface area contributed by atoms with Crippen LogP contribution in [0.3, 0.4) is 0 Å². The summed E-state index contributed by atoms with van der Waals surface area (Å²) >= 11 is 0. The molecule has 0 spiro atoms. The third-order valence-corrected chi connectivity index (χ3v) is 2.64. The molecule has 0 bridgehead atoms. The Morgan fingerprint density at radius 1 is 1.64 bits per heavy atom. The summed E-state index contributed by atoms with van der Waals surface area (Å²) in [6.07, 6.45) is 5.81. The van der Waals surface area contributed by atoms with Crippen LogP contribution in [0.2, 0.25) is 0 Å². The second-order valence-corrected chi connectivity index (χ2v) is 3.56. The SMILES string of the molecule is C=C1CCC(CCC)(OC)C1. The summed E-state index contributed by atoms with van der Waals surface area (Å²) in [6.45, 7) is 6.21. The molecule has 1 atom stereocenters. The fraction of sp³-hybridized carbons (Fsp3) is 0.800. The Kier molecular flexibility index (Phi) is 2.72. The first-order valence-corrected chi connectivity index (χ1v) is 4.44. The van der Waals surface area contributed by atoms with Crippen molar-refractivity contribution < 1.29 is 4.74 Å². The van der Waals surface area contributed by atoms with E-state index in [-0.39, 0.29) is 5.60 Å². The molecule has 1 aliphatic carbocycles. The van der Waals surface area contributed by atoms with E-state index in [0.717, 1.165) is 12.8 Å². The highest BCUT2D eigenvalue weighted by molar-refractivity contribution is 5.09. The Bertz CT molecular complexity index is 151. The molecule has 1 fully saturated rings. The summed E-state index contributed by atoms with van der Waals surface area (Å²) in [5.41, 5.74) is 1.52. The summed E-state index contributed by atoms with van der Waals surface area (Å²) in [7, 11) is 1.83. The Morgan fingerprint density at radius 2 is 2.36 bits per heavy atom. The van der Waals surface area contributed by atoms with E-state index in [1.54, 1.807) is 0 Å². The van der Waals surface area contributed by atoms with Gasteiger partial charge >= 0.3 is 0 Å². The van der Waals surface area contributed by atoms with Crippen molar-refractivity contribution in [3.63, 3.8) is 0 Å². The van der Waals surface area contributed by atoms with E-state index in [9.17, 15) is 0 Å². The van der Waals surface area contributed by atoms with Gasteiger partial charge in [0.05, 0.1) is 5.60 Å². The van der Waals surface area contributed by atoms with Crippen molar-refractivity contribution in [1.82, 2.24) is 0 Å². The van der Waals surface area contributed by atoms with Gasteiger partial charge in [-0.15, -0.1) is 0 Å². The smallest absolute Gasteiger partial charge is 0.0718 e. The summed E-state index contributed by atoms with van der Waals surface area (Å²) < 4.78 is 5.55. The van der Waals surface area contributed by atoms with Gasteiger partial charge in [0, 0.05) is 7.11 Å². The molecule has 1 saturated carbocycles. The Labute approximate surface area is 69.4 Å². The lowest BCUT2D eigenvalue weighted by molar-refractivity contribution is -0.00929. The highest BCUT2D eigenvalue weighted by Gasteiger charge is 2.34. The predicted molar refractivity (Wildman–Crippen MR) is 47.6 cm³/mol. The number of rotatable bonds is 3. The van der Waals surface area contributed by atoms with Gasteiger partial charge in [0.1, 0.15) is 0 Å². The second-order valence-electron chi connectivity index (χ2n) is 3.56.